The molecule has 3 heterocycles. The molecule has 2 atom stereocenters. The molecular weight excluding hydrogens is 266 g/mol. The molecule has 0 aromatic carbocycles. The van der Waals surface area contributed by atoms with Crippen LogP contribution in [0.15, 0.2) is 6.33 Å². The smallest absolute Gasteiger partial charge is 0.204 e. The summed E-state index contributed by atoms with van der Waals surface area (Å²) < 4.78 is 6.01. The van der Waals surface area contributed by atoms with Crippen molar-refractivity contribution >= 4 is 11.6 Å². The fourth-order valence-electron chi connectivity index (χ4n) is 2.99. The van der Waals surface area contributed by atoms with Gasteiger partial charge >= 0.3 is 0 Å². The predicted molar refractivity (Wildman–Crippen MR) is 84.1 cm³/mol. The van der Waals surface area contributed by atoms with Crippen molar-refractivity contribution in [3.63, 3.8) is 0 Å². The van der Waals surface area contributed by atoms with Crippen molar-refractivity contribution in [1.29, 1.82) is 0 Å². The maximum absolute atomic E-state index is 6.01. The van der Waals surface area contributed by atoms with Crippen LogP contribution in [0.3, 0.4) is 0 Å². The summed E-state index contributed by atoms with van der Waals surface area (Å²) in [5.74, 6) is 2.56. The van der Waals surface area contributed by atoms with E-state index in [1.165, 1.54) is 0 Å². The molecule has 0 radical (unpaired) electrons. The number of fused-ring (bicyclic) bond motifs is 1. The minimum absolute atomic E-state index is 0.0371. The van der Waals surface area contributed by atoms with Crippen molar-refractivity contribution in [2.24, 2.45) is 0 Å². The molecule has 2 N–H and O–H groups in total. The van der Waals surface area contributed by atoms with Crippen molar-refractivity contribution in [2.45, 2.75) is 44.7 Å². The fourth-order valence-corrected chi connectivity index (χ4v) is 2.99. The maximum atomic E-state index is 6.01. The summed E-state index contributed by atoms with van der Waals surface area (Å²) in [6.07, 6.45) is 4.78. The van der Waals surface area contributed by atoms with Crippen molar-refractivity contribution < 1.29 is 4.74 Å². The molecule has 0 spiro atoms. The summed E-state index contributed by atoms with van der Waals surface area (Å²) >= 11 is 0. The SMILES string of the molecule is CCC1(C)CCOc2c(ncnc2N2CC[C@@H](NC)C2)N1. The lowest BCUT2D eigenvalue weighted by molar-refractivity contribution is 0.286. The molecule has 2 aliphatic heterocycles. The summed E-state index contributed by atoms with van der Waals surface area (Å²) in [6.45, 7) is 7.09. The molecule has 0 saturated carbocycles. The Balaban J connectivity index is 1.89. The number of rotatable bonds is 3. The van der Waals surface area contributed by atoms with Gasteiger partial charge in [-0.15, -0.1) is 0 Å². The van der Waals surface area contributed by atoms with Gasteiger partial charge in [0.2, 0.25) is 5.75 Å². The summed E-state index contributed by atoms with van der Waals surface area (Å²) in [7, 11) is 2.01. The first kappa shape index (κ1) is 14.4. The highest BCUT2D eigenvalue weighted by Crippen LogP contribution is 2.38. The van der Waals surface area contributed by atoms with Crippen LogP contribution in [0.25, 0.3) is 0 Å². The zero-order chi connectivity index (χ0) is 14.9. The van der Waals surface area contributed by atoms with E-state index < -0.39 is 0 Å². The summed E-state index contributed by atoms with van der Waals surface area (Å²) in [5, 5.41) is 6.89. The highest BCUT2D eigenvalue weighted by Gasteiger charge is 2.31. The van der Waals surface area contributed by atoms with Gasteiger partial charge in [-0.3, -0.25) is 0 Å². The second-order valence-electron chi connectivity index (χ2n) is 6.23. The number of ether oxygens (including phenoxy) is 1. The standard InChI is InChI=1S/C15H25N5O/c1-4-15(2)6-8-21-12-13(19-15)17-10-18-14(12)20-7-5-11(9-20)16-3/h10-11,16H,4-9H2,1-3H3,(H,17,18,19)/t11-,15?/m1/s1. The molecular formula is C15H25N5O. The Bertz CT molecular complexity index is 509. The number of nitrogens with zero attached hydrogens (tertiary/aromatic N) is 3. The fraction of sp³-hybridized carbons (Fsp3) is 0.733. The van der Waals surface area contributed by atoms with E-state index in [2.05, 4.69) is 39.3 Å². The highest BCUT2D eigenvalue weighted by atomic mass is 16.5. The topological polar surface area (TPSA) is 62.3 Å². The molecule has 1 saturated heterocycles. The largest absolute Gasteiger partial charge is 0.486 e. The van der Waals surface area contributed by atoms with Crippen LogP contribution in [0, 0.1) is 0 Å². The lowest BCUT2D eigenvalue weighted by atomic mass is 9.95. The Morgan fingerprint density at radius 2 is 2.38 bits per heavy atom. The molecule has 3 rings (SSSR count). The minimum Gasteiger partial charge on any atom is -0.486 e. The van der Waals surface area contributed by atoms with Gasteiger partial charge in [-0.25, -0.2) is 9.97 Å². The van der Waals surface area contributed by atoms with Gasteiger partial charge in [0.15, 0.2) is 11.6 Å². The second-order valence-corrected chi connectivity index (χ2v) is 6.23. The van der Waals surface area contributed by atoms with Crippen LogP contribution in [0.1, 0.15) is 33.1 Å². The maximum Gasteiger partial charge on any atom is 0.204 e. The monoisotopic (exact) mass is 291 g/mol. The zero-order valence-electron chi connectivity index (χ0n) is 13.1. The number of hydrogen-bond donors (Lipinski definition) is 2. The average Bonchev–Trinajstić information content (AvgIpc) is 2.90. The number of anilines is 2. The quantitative estimate of drug-likeness (QED) is 0.883. The van der Waals surface area contributed by atoms with Crippen LogP contribution in [-0.4, -0.2) is 48.3 Å². The van der Waals surface area contributed by atoms with Gasteiger partial charge < -0.3 is 20.3 Å². The minimum atomic E-state index is 0.0371. The third-order valence-corrected chi connectivity index (χ3v) is 4.78. The van der Waals surface area contributed by atoms with Crippen LogP contribution in [-0.2, 0) is 0 Å². The van der Waals surface area contributed by atoms with Gasteiger partial charge in [-0.2, -0.15) is 0 Å². The molecule has 1 aromatic heterocycles. The molecule has 1 unspecified atom stereocenters. The van der Waals surface area contributed by atoms with Crippen molar-refractivity contribution in [3.8, 4) is 5.75 Å². The zero-order valence-corrected chi connectivity index (χ0v) is 13.1. The molecule has 6 nitrogen and oxygen atoms in total. The Morgan fingerprint density at radius 1 is 1.52 bits per heavy atom. The van der Waals surface area contributed by atoms with E-state index in [-0.39, 0.29) is 5.54 Å². The normalized spacial score (nSPS) is 28.5. The lowest BCUT2D eigenvalue weighted by Crippen LogP contribution is -2.34. The number of hydrogen-bond acceptors (Lipinski definition) is 6. The van der Waals surface area contributed by atoms with Crippen molar-refractivity contribution in [3.05, 3.63) is 6.33 Å². The number of nitrogens with one attached hydrogen (secondary N) is 2. The van der Waals surface area contributed by atoms with E-state index in [0.717, 1.165) is 49.7 Å². The first-order valence-electron chi connectivity index (χ1n) is 7.83. The lowest BCUT2D eigenvalue weighted by Gasteiger charge is -2.27. The summed E-state index contributed by atoms with van der Waals surface area (Å²) in [5.41, 5.74) is 0.0371. The first-order valence-corrected chi connectivity index (χ1v) is 7.83. The van der Waals surface area contributed by atoms with E-state index in [1.807, 2.05) is 7.05 Å². The molecule has 1 aromatic rings. The Labute approximate surface area is 126 Å². The van der Waals surface area contributed by atoms with E-state index in [9.17, 15) is 0 Å². The van der Waals surface area contributed by atoms with Crippen LogP contribution in [0.2, 0.25) is 0 Å². The molecule has 1 fully saturated rings. The molecule has 21 heavy (non-hydrogen) atoms. The van der Waals surface area contributed by atoms with Crippen LogP contribution < -0.4 is 20.3 Å². The van der Waals surface area contributed by atoms with Gasteiger partial charge in [0.25, 0.3) is 0 Å². The molecule has 0 aliphatic carbocycles. The van der Waals surface area contributed by atoms with E-state index in [1.54, 1.807) is 6.33 Å². The second kappa shape index (κ2) is 5.67. The third-order valence-electron chi connectivity index (χ3n) is 4.78. The predicted octanol–water partition coefficient (Wildman–Crippen LogP) is 1.64. The Morgan fingerprint density at radius 3 is 3.10 bits per heavy atom. The first-order chi connectivity index (χ1) is 10.1. The molecule has 6 heteroatoms. The molecule has 116 valence electrons. The average molecular weight is 291 g/mol. The summed E-state index contributed by atoms with van der Waals surface area (Å²) in [6, 6.07) is 0.523. The van der Waals surface area contributed by atoms with Crippen LogP contribution in [0.5, 0.6) is 5.75 Å². The Kier molecular flexibility index (Phi) is 3.89. The van der Waals surface area contributed by atoms with Crippen LogP contribution >= 0.6 is 0 Å². The third kappa shape index (κ3) is 2.77. The van der Waals surface area contributed by atoms with E-state index in [4.69, 9.17) is 4.74 Å². The van der Waals surface area contributed by atoms with Gasteiger partial charge in [-0.1, -0.05) is 6.92 Å². The van der Waals surface area contributed by atoms with Gasteiger partial charge in [-0.05, 0) is 26.8 Å². The van der Waals surface area contributed by atoms with E-state index >= 15 is 0 Å². The van der Waals surface area contributed by atoms with Crippen LogP contribution in [0.4, 0.5) is 11.6 Å². The summed E-state index contributed by atoms with van der Waals surface area (Å²) in [4.78, 5) is 11.2. The molecule has 0 amide bonds. The van der Waals surface area contributed by atoms with Crippen molar-refractivity contribution in [1.82, 2.24) is 15.3 Å². The molecule has 0 bridgehead atoms. The number of aromatic nitrogens is 2. The van der Waals surface area contributed by atoms with Gasteiger partial charge in [0, 0.05) is 31.1 Å². The van der Waals surface area contributed by atoms with Crippen molar-refractivity contribution in [2.75, 3.05) is 37.0 Å². The van der Waals surface area contributed by atoms with E-state index in [0.29, 0.717) is 12.6 Å². The molecule has 2 aliphatic rings. The van der Waals surface area contributed by atoms with Gasteiger partial charge in [0.05, 0.1) is 6.61 Å². The Hall–Kier alpha value is -1.56. The van der Waals surface area contributed by atoms with Gasteiger partial charge in [0.1, 0.15) is 6.33 Å². The highest BCUT2D eigenvalue weighted by molar-refractivity contribution is 5.66. The number of likely N-dealkylation sites (N-methyl/N-ethyl adjacent to an activating group) is 1.